The van der Waals surface area contributed by atoms with E-state index < -0.39 is 11.5 Å². The van der Waals surface area contributed by atoms with Gasteiger partial charge in [-0.15, -0.1) is 0 Å². The first-order valence-electron chi connectivity index (χ1n) is 6.70. The van der Waals surface area contributed by atoms with E-state index in [1.165, 1.54) is 0 Å². The molecule has 0 saturated carbocycles. The van der Waals surface area contributed by atoms with E-state index in [-0.39, 0.29) is 6.54 Å². The fourth-order valence-electron chi connectivity index (χ4n) is 2.21. The molecule has 2 heterocycles. The Morgan fingerprint density at radius 1 is 1.50 bits per heavy atom. The molecule has 8 heteroatoms. The summed E-state index contributed by atoms with van der Waals surface area (Å²) in [6.07, 6.45) is 1.41. The highest BCUT2D eigenvalue weighted by Crippen LogP contribution is 2.34. The Hall–Kier alpha value is -1.51. The molecule has 1 aromatic heterocycles. The van der Waals surface area contributed by atoms with Crippen LogP contribution >= 0.6 is 0 Å². The monoisotopic (exact) mass is 284 g/mol. The van der Waals surface area contributed by atoms with Gasteiger partial charge in [-0.1, -0.05) is 5.16 Å². The van der Waals surface area contributed by atoms with E-state index >= 15 is 0 Å². The number of primary amides is 1. The summed E-state index contributed by atoms with van der Waals surface area (Å²) in [5, 5.41) is 6.83. The second-order valence-electron chi connectivity index (χ2n) is 4.62. The van der Waals surface area contributed by atoms with Crippen molar-refractivity contribution in [2.24, 2.45) is 5.73 Å². The fourth-order valence-corrected chi connectivity index (χ4v) is 2.21. The van der Waals surface area contributed by atoms with E-state index in [0.29, 0.717) is 50.9 Å². The van der Waals surface area contributed by atoms with Gasteiger partial charge in [0.1, 0.15) is 5.60 Å². The summed E-state index contributed by atoms with van der Waals surface area (Å²) >= 11 is 0. The van der Waals surface area contributed by atoms with Gasteiger partial charge in [0.2, 0.25) is 17.6 Å². The molecule has 1 aliphatic rings. The van der Waals surface area contributed by atoms with Crippen LogP contribution in [0.2, 0.25) is 0 Å². The van der Waals surface area contributed by atoms with Crippen LogP contribution in [0.25, 0.3) is 0 Å². The second kappa shape index (κ2) is 6.78. The van der Waals surface area contributed by atoms with Crippen LogP contribution in [0.15, 0.2) is 4.52 Å². The lowest BCUT2D eigenvalue weighted by Gasteiger charge is -2.33. The van der Waals surface area contributed by atoms with Crippen LogP contribution in [-0.2, 0) is 26.4 Å². The molecule has 0 unspecified atom stereocenters. The standard InChI is InChI=1S/C12H20N4O4/c1-2-19-12(3-5-18-6-4-12)11-15-10(20-16-11)8-14-7-9(13)17/h14H,2-8H2,1H3,(H2,13,17). The summed E-state index contributed by atoms with van der Waals surface area (Å²) in [6.45, 7) is 4.11. The van der Waals surface area contributed by atoms with Gasteiger partial charge in [0.15, 0.2) is 0 Å². The van der Waals surface area contributed by atoms with E-state index in [1.54, 1.807) is 0 Å². The minimum atomic E-state index is -0.529. The van der Waals surface area contributed by atoms with Crippen LogP contribution in [0.5, 0.6) is 0 Å². The SMILES string of the molecule is CCOC1(c2noc(CNCC(N)=O)n2)CCOCC1. The van der Waals surface area contributed by atoms with E-state index in [1.807, 2.05) is 6.92 Å². The predicted octanol–water partition coefficient (Wildman–Crippen LogP) is -0.313. The molecule has 20 heavy (non-hydrogen) atoms. The first-order valence-corrected chi connectivity index (χ1v) is 6.70. The van der Waals surface area contributed by atoms with Crippen LogP contribution in [0, 0.1) is 0 Å². The van der Waals surface area contributed by atoms with Gasteiger partial charge in [0.25, 0.3) is 0 Å². The summed E-state index contributed by atoms with van der Waals surface area (Å²) in [5.74, 6) is 0.519. The summed E-state index contributed by atoms with van der Waals surface area (Å²) in [5.41, 5.74) is 4.51. The van der Waals surface area contributed by atoms with Gasteiger partial charge in [-0.3, -0.25) is 10.1 Å². The smallest absolute Gasteiger partial charge is 0.240 e. The molecule has 0 atom stereocenters. The first-order chi connectivity index (χ1) is 9.66. The highest BCUT2D eigenvalue weighted by molar-refractivity contribution is 5.75. The third-order valence-corrected chi connectivity index (χ3v) is 3.17. The number of ether oxygens (including phenoxy) is 2. The van der Waals surface area contributed by atoms with Crippen molar-refractivity contribution >= 4 is 5.91 Å². The topological polar surface area (TPSA) is 112 Å². The summed E-state index contributed by atoms with van der Waals surface area (Å²) in [4.78, 5) is 15.0. The number of nitrogens with two attached hydrogens (primary N) is 1. The summed E-state index contributed by atoms with van der Waals surface area (Å²) in [7, 11) is 0. The van der Waals surface area contributed by atoms with Crippen molar-refractivity contribution in [1.82, 2.24) is 15.5 Å². The molecule has 0 spiro atoms. The van der Waals surface area contributed by atoms with Crippen molar-refractivity contribution in [2.75, 3.05) is 26.4 Å². The van der Waals surface area contributed by atoms with Gasteiger partial charge < -0.3 is 19.7 Å². The second-order valence-corrected chi connectivity index (χ2v) is 4.62. The van der Waals surface area contributed by atoms with Crippen LogP contribution in [0.1, 0.15) is 31.5 Å². The lowest BCUT2D eigenvalue weighted by Crippen LogP contribution is -2.37. The lowest BCUT2D eigenvalue weighted by atomic mass is 9.93. The van der Waals surface area contributed by atoms with Gasteiger partial charge in [-0.2, -0.15) is 4.98 Å². The summed E-state index contributed by atoms with van der Waals surface area (Å²) in [6, 6.07) is 0. The van der Waals surface area contributed by atoms with Crippen molar-refractivity contribution in [3.05, 3.63) is 11.7 Å². The number of hydrogen-bond acceptors (Lipinski definition) is 7. The number of amides is 1. The third-order valence-electron chi connectivity index (χ3n) is 3.17. The molecule has 2 rings (SSSR count). The number of aromatic nitrogens is 2. The highest BCUT2D eigenvalue weighted by atomic mass is 16.5. The number of carbonyl (C=O) groups is 1. The number of hydrogen-bond donors (Lipinski definition) is 2. The largest absolute Gasteiger partial charge is 0.381 e. The van der Waals surface area contributed by atoms with Gasteiger partial charge in [-0.05, 0) is 6.92 Å². The Bertz CT molecular complexity index is 437. The molecule has 0 aromatic carbocycles. The summed E-state index contributed by atoms with van der Waals surface area (Å²) < 4.78 is 16.4. The Morgan fingerprint density at radius 3 is 2.90 bits per heavy atom. The Morgan fingerprint density at radius 2 is 2.25 bits per heavy atom. The number of nitrogens with one attached hydrogen (secondary N) is 1. The third kappa shape index (κ3) is 3.53. The molecule has 1 amide bonds. The van der Waals surface area contributed by atoms with E-state index in [9.17, 15) is 4.79 Å². The molecule has 1 fully saturated rings. The van der Waals surface area contributed by atoms with E-state index in [4.69, 9.17) is 19.7 Å². The normalized spacial score (nSPS) is 18.1. The molecule has 0 radical (unpaired) electrons. The molecule has 112 valence electrons. The Kier molecular flexibility index (Phi) is 5.05. The van der Waals surface area contributed by atoms with Crippen molar-refractivity contribution in [3.63, 3.8) is 0 Å². The molecular weight excluding hydrogens is 264 g/mol. The number of nitrogens with zero attached hydrogens (tertiary/aromatic N) is 2. The van der Waals surface area contributed by atoms with E-state index in [2.05, 4.69) is 15.5 Å². The number of rotatable bonds is 7. The zero-order valence-electron chi connectivity index (χ0n) is 11.6. The molecule has 1 saturated heterocycles. The van der Waals surface area contributed by atoms with Gasteiger partial charge in [0, 0.05) is 32.7 Å². The molecule has 1 aliphatic heterocycles. The van der Waals surface area contributed by atoms with Gasteiger partial charge in [0.05, 0.1) is 13.1 Å². The first kappa shape index (κ1) is 14.9. The zero-order chi connectivity index (χ0) is 14.4. The fraction of sp³-hybridized carbons (Fsp3) is 0.750. The maximum atomic E-state index is 10.6. The van der Waals surface area contributed by atoms with Crippen LogP contribution < -0.4 is 11.1 Å². The molecule has 8 nitrogen and oxygen atoms in total. The average molecular weight is 284 g/mol. The maximum absolute atomic E-state index is 10.6. The lowest BCUT2D eigenvalue weighted by molar-refractivity contribution is -0.118. The minimum Gasteiger partial charge on any atom is -0.381 e. The van der Waals surface area contributed by atoms with Crippen LogP contribution in [0.4, 0.5) is 0 Å². The predicted molar refractivity (Wildman–Crippen MR) is 68.6 cm³/mol. The van der Waals surface area contributed by atoms with Crippen molar-refractivity contribution in [2.45, 2.75) is 31.9 Å². The van der Waals surface area contributed by atoms with Crippen LogP contribution in [0.3, 0.4) is 0 Å². The van der Waals surface area contributed by atoms with E-state index in [0.717, 1.165) is 0 Å². The molecule has 1 aromatic rings. The molecule has 0 bridgehead atoms. The average Bonchev–Trinajstić information content (AvgIpc) is 2.89. The Labute approximate surface area is 117 Å². The zero-order valence-corrected chi connectivity index (χ0v) is 11.6. The van der Waals surface area contributed by atoms with Crippen molar-refractivity contribution < 1.29 is 18.8 Å². The van der Waals surface area contributed by atoms with Crippen molar-refractivity contribution in [1.29, 1.82) is 0 Å². The Balaban J connectivity index is 2.02. The van der Waals surface area contributed by atoms with Gasteiger partial charge in [-0.25, -0.2) is 0 Å². The molecule has 0 aliphatic carbocycles. The molecular formula is C12H20N4O4. The van der Waals surface area contributed by atoms with Crippen molar-refractivity contribution in [3.8, 4) is 0 Å². The maximum Gasteiger partial charge on any atom is 0.240 e. The van der Waals surface area contributed by atoms with Crippen LogP contribution in [-0.4, -0.2) is 42.4 Å². The number of carbonyl (C=O) groups excluding carboxylic acids is 1. The highest BCUT2D eigenvalue weighted by Gasteiger charge is 2.39. The van der Waals surface area contributed by atoms with Gasteiger partial charge >= 0.3 is 0 Å². The molecule has 3 N–H and O–H groups in total. The quantitative estimate of drug-likeness (QED) is 0.706. The minimum absolute atomic E-state index is 0.0716.